The highest BCUT2D eigenvalue weighted by Crippen LogP contribution is 2.33. The highest BCUT2D eigenvalue weighted by molar-refractivity contribution is 4.82. The topological polar surface area (TPSA) is 15.3 Å². The molecule has 0 aromatic heterocycles. The largest absolute Gasteiger partial charge is 0.315 e. The van der Waals surface area contributed by atoms with Gasteiger partial charge in [0.2, 0.25) is 0 Å². The molecule has 1 N–H and O–H groups in total. The minimum atomic E-state index is 0.991. The van der Waals surface area contributed by atoms with Gasteiger partial charge in [-0.1, -0.05) is 12.8 Å². The zero-order chi connectivity index (χ0) is 12.2. The van der Waals surface area contributed by atoms with Crippen molar-refractivity contribution in [3.63, 3.8) is 0 Å². The molecule has 0 radical (unpaired) electrons. The molecule has 0 saturated heterocycles. The van der Waals surface area contributed by atoms with Gasteiger partial charge < -0.3 is 10.2 Å². The first kappa shape index (κ1) is 12.9. The zero-order valence-corrected chi connectivity index (χ0v) is 11.9. The lowest BCUT2D eigenvalue weighted by molar-refractivity contribution is 0.250. The third kappa shape index (κ3) is 4.55. The van der Waals surface area contributed by atoms with Crippen LogP contribution < -0.4 is 5.32 Å². The highest BCUT2D eigenvalue weighted by atomic mass is 15.1. The molecule has 3 saturated carbocycles. The van der Waals surface area contributed by atoms with Crippen molar-refractivity contribution in [2.45, 2.75) is 51.4 Å². The Bertz CT molecular complexity index is 225. The van der Waals surface area contributed by atoms with E-state index in [2.05, 4.69) is 10.2 Å². The standard InChI is InChI=1S/C16H30N2/c1-2-4-14(3-1)11-17-9-10-18(12-15-5-6-15)13-16-7-8-16/h14-17H,1-13H2. The molecule has 0 heterocycles. The Morgan fingerprint density at radius 3 is 1.94 bits per heavy atom. The number of nitrogens with zero attached hydrogens (tertiary/aromatic N) is 1. The third-order valence-electron chi connectivity index (χ3n) is 4.94. The predicted molar refractivity (Wildman–Crippen MR) is 76.7 cm³/mol. The van der Waals surface area contributed by atoms with Crippen LogP contribution in [0.3, 0.4) is 0 Å². The monoisotopic (exact) mass is 250 g/mol. The molecule has 0 amide bonds. The fourth-order valence-electron chi connectivity index (χ4n) is 3.35. The minimum absolute atomic E-state index is 0.991. The molecule has 0 unspecified atom stereocenters. The summed E-state index contributed by atoms with van der Waals surface area (Å²) in [5.41, 5.74) is 0. The highest BCUT2D eigenvalue weighted by Gasteiger charge is 2.28. The summed E-state index contributed by atoms with van der Waals surface area (Å²) in [6.07, 6.45) is 11.9. The molecular weight excluding hydrogens is 220 g/mol. The predicted octanol–water partition coefficient (Wildman–Crippen LogP) is 2.89. The second-order valence-corrected chi connectivity index (χ2v) is 7.00. The van der Waals surface area contributed by atoms with E-state index in [1.165, 1.54) is 84.1 Å². The third-order valence-corrected chi connectivity index (χ3v) is 4.94. The molecule has 0 bridgehead atoms. The minimum Gasteiger partial charge on any atom is -0.315 e. The van der Waals surface area contributed by atoms with E-state index in [0.29, 0.717) is 0 Å². The van der Waals surface area contributed by atoms with Gasteiger partial charge in [0.25, 0.3) is 0 Å². The molecule has 18 heavy (non-hydrogen) atoms. The van der Waals surface area contributed by atoms with Gasteiger partial charge >= 0.3 is 0 Å². The maximum absolute atomic E-state index is 3.70. The van der Waals surface area contributed by atoms with Crippen LogP contribution in [0.5, 0.6) is 0 Å². The van der Waals surface area contributed by atoms with Gasteiger partial charge in [-0.05, 0) is 62.8 Å². The quantitative estimate of drug-likeness (QED) is 0.633. The van der Waals surface area contributed by atoms with Crippen molar-refractivity contribution in [2.75, 3.05) is 32.7 Å². The molecule has 3 aliphatic carbocycles. The second kappa shape index (κ2) is 6.38. The van der Waals surface area contributed by atoms with Crippen LogP contribution >= 0.6 is 0 Å². The lowest BCUT2D eigenvalue weighted by atomic mass is 10.1. The summed E-state index contributed by atoms with van der Waals surface area (Å²) in [5, 5.41) is 3.70. The van der Waals surface area contributed by atoms with E-state index < -0.39 is 0 Å². The van der Waals surface area contributed by atoms with E-state index in [0.717, 1.165) is 17.8 Å². The maximum atomic E-state index is 3.70. The van der Waals surface area contributed by atoms with E-state index in [4.69, 9.17) is 0 Å². The summed E-state index contributed by atoms with van der Waals surface area (Å²) in [4.78, 5) is 2.75. The summed E-state index contributed by atoms with van der Waals surface area (Å²) >= 11 is 0. The summed E-state index contributed by atoms with van der Waals surface area (Å²) in [7, 11) is 0. The van der Waals surface area contributed by atoms with Crippen LogP contribution in [-0.2, 0) is 0 Å². The summed E-state index contributed by atoms with van der Waals surface area (Å²) < 4.78 is 0. The van der Waals surface area contributed by atoms with Gasteiger partial charge in [-0.25, -0.2) is 0 Å². The molecule has 0 atom stereocenters. The lowest BCUT2D eigenvalue weighted by Crippen LogP contribution is -2.36. The Morgan fingerprint density at radius 1 is 0.778 bits per heavy atom. The van der Waals surface area contributed by atoms with Gasteiger partial charge in [-0.2, -0.15) is 0 Å². The van der Waals surface area contributed by atoms with E-state index >= 15 is 0 Å². The molecule has 3 rings (SSSR count). The number of nitrogens with one attached hydrogen (secondary N) is 1. The van der Waals surface area contributed by atoms with Crippen LogP contribution in [0.4, 0.5) is 0 Å². The smallest absolute Gasteiger partial charge is 0.0107 e. The van der Waals surface area contributed by atoms with Gasteiger partial charge in [0.05, 0.1) is 0 Å². The first-order valence-electron chi connectivity index (χ1n) is 8.33. The zero-order valence-electron chi connectivity index (χ0n) is 11.9. The fraction of sp³-hybridized carbons (Fsp3) is 1.00. The van der Waals surface area contributed by atoms with Crippen LogP contribution in [0.15, 0.2) is 0 Å². The average Bonchev–Trinajstić information content (AvgIpc) is 3.29. The lowest BCUT2D eigenvalue weighted by Gasteiger charge is -2.22. The van der Waals surface area contributed by atoms with Crippen molar-refractivity contribution in [1.29, 1.82) is 0 Å². The molecule has 2 nitrogen and oxygen atoms in total. The van der Waals surface area contributed by atoms with Crippen molar-refractivity contribution >= 4 is 0 Å². The van der Waals surface area contributed by atoms with Gasteiger partial charge in [-0.15, -0.1) is 0 Å². The molecular formula is C16H30N2. The van der Waals surface area contributed by atoms with E-state index in [-0.39, 0.29) is 0 Å². The molecule has 2 heteroatoms. The van der Waals surface area contributed by atoms with E-state index in [1.54, 1.807) is 0 Å². The Morgan fingerprint density at radius 2 is 1.39 bits per heavy atom. The molecule has 104 valence electrons. The Hall–Kier alpha value is -0.0800. The Balaban J connectivity index is 1.28. The maximum Gasteiger partial charge on any atom is 0.0107 e. The molecule has 3 aliphatic rings. The summed E-state index contributed by atoms with van der Waals surface area (Å²) in [5.74, 6) is 3.10. The summed E-state index contributed by atoms with van der Waals surface area (Å²) in [6, 6.07) is 0. The van der Waals surface area contributed by atoms with Crippen LogP contribution in [0.2, 0.25) is 0 Å². The van der Waals surface area contributed by atoms with Crippen molar-refractivity contribution in [2.24, 2.45) is 17.8 Å². The van der Waals surface area contributed by atoms with Gasteiger partial charge in [-0.3, -0.25) is 0 Å². The molecule has 0 spiro atoms. The van der Waals surface area contributed by atoms with Gasteiger partial charge in [0.15, 0.2) is 0 Å². The molecule has 0 aliphatic heterocycles. The van der Waals surface area contributed by atoms with Crippen molar-refractivity contribution in [1.82, 2.24) is 10.2 Å². The van der Waals surface area contributed by atoms with Crippen molar-refractivity contribution in [3.8, 4) is 0 Å². The van der Waals surface area contributed by atoms with Gasteiger partial charge in [0.1, 0.15) is 0 Å². The molecule has 0 aromatic carbocycles. The number of hydrogen-bond acceptors (Lipinski definition) is 2. The number of rotatable bonds is 9. The van der Waals surface area contributed by atoms with Crippen LogP contribution in [0.1, 0.15) is 51.4 Å². The first-order chi connectivity index (χ1) is 8.90. The fourth-order valence-corrected chi connectivity index (χ4v) is 3.35. The Kier molecular flexibility index (Phi) is 4.58. The number of hydrogen-bond donors (Lipinski definition) is 1. The SMILES string of the molecule is C1CCC(CNCCN(CC2CC2)CC2CC2)C1. The second-order valence-electron chi connectivity index (χ2n) is 7.00. The van der Waals surface area contributed by atoms with E-state index in [1.807, 2.05) is 0 Å². The van der Waals surface area contributed by atoms with Crippen molar-refractivity contribution < 1.29 is 0 Å². The van der Waals surface area contributed by atoms with Gasteiger partial charge in [0, 0.05) is 26.2 Å². The first-order valence-corrected chi connectivity index (χ1v) is 8.33. The van der Waals surface area contributed by atoms with Crippen molar-refractivity contribution in [3.05, 3.63) is 0 Å². The van der Waals surface area contributed by atoms with E-state index in [9.17, 15) is 0 Å². The molecule has 3 fully saturated rings. The summed E-state index contributed by atoms with van der Waals surface area (Å²) in [6.45, 7) is 6.57. The normalized spacial score (nSPS) is 25.2. The average molecular weight is 250 g/mol. The van der Waals surface area contributed by atoms with Crippen LogP contribution in [-0.4, -0.2) is 37.6 Å². The van der Waals surface area contributed by atoms with Crippen LogP contribution in [0.25, 0.3) is 0 Å². The Labute approximate surface area is 113 Å². The molecule has 0 aromatic rings. The van der Waals surface area contributed by atoms with Crippen LogP contribution in [0, 0.1) is 17.8 Å².